The molecule has 0 spiro atoms. The van der Waals surface area contributed by atoms with E-state index >= 15 is 0 Å². The van der Waals surface area contributed by atoms with Gasteiger partial charge in [0, 0.05) is 18.8 Å². The molecule has 0 aromatic carbocycles. The van der Waals surface area contributed by atoms with E-state index in [2.05, 4.69) is 15.6 Å². The number of anilines is 1. The maximum atomic E-state index is 11.9. The van der Waals surface area contributed by atoms with Gasteiger partial charge < -0.3 is 10.6 Å². The summed E-state index contributed by atoms with van der Waals surface area (Å²) in [7, 11) is -3.05. The van der Waals surface area contributed by atoms with Crippen molar-refractivity contribution >= 4 is 32.2 Å². The molecule has 0 aliphatic heterocycles. The Balaban J connectivity index is 2.59. The lowest BCUT2D eigenvalue weighted by Crippen LogP contribution is -2.29. The first kappa shape index (κ1) is 15.9. The molecule has 1 amide bonds. The number of hydrogen-bond acceptors (Lipinski definition) is 6. The van der Waals surface area contributed by atoms with Gasteiger partial charge in [-0.05, 0) is 13.8 Å². The van der Waals surface area contributed by atoms with Crippen molar-refractivity contribution in [2.24, 2.45) is 0 Å². The first-order valence-corrected chi connectivity index (χ1v) is 8.73. The Morgan fingerprint density at radius 1 is 1.37 bits per heavy atom. The number of carbonyl (C=O) groups excluding carboxylic acids is 1. The molecule has 0 radical (unpaired) electrons. The lowest BCUT2D eigenvalue weighted by atomic mass is 10.4. The van der Waals surface area contributed by atoms with Gasteiger partial charge in [-0.3, -0.25) is 4.79 Å². The van der Waals surface area contributed by atoms with E-state index in [1.165, 1.54) is 11.3 Å². The van der Waals surface area contributed by atoms with Crippen molar-refractivity contribution < 1.29 is 13.2 Å². The Morgan fingerprint density at radius 3 is 2.63 bits per heavy atom. The van der Waals surface area contributed by atoms with Crippen LogP contribution >= 0.6 is 11.3 Å². The second-order valence-electron chi connectivity index (χ2n) is 3.96. The monoisotopic (exact) mass is 305 g/mol. The molecule has 0 saturated carbocycles. The number of hydrogen-bond donors (Lipinski definition) is 2. The SMILES string of the molecule is CCNc1nc(C)c(C(=O)NCCS(=O)(=O)CC)s1. The van der Waals surface area contributed by atoms with E-state index < -0.39 is 9.84 Å². The molecule has 0 bridgehead atoms. The summed E-state index contributed by atoms with van der Waals surface area (Å²) in [5.41, 5.74) is 0.650. The molecule has 1 aromatic heterocycles. The predicted molar refractivity (Wildman–Crippen MR) is 77.7 cm³/mol. The normalized spacial score (nSPS) is 11.3. The summed E-state index contributed by atoms with van der Waals surface area (Å²) >= 11 is 1.27. The van der Waals surface area contributed by atoms with Crippen LogP contribution in [-0.4, -0.2) is 43.9 Å². The first-order valence-electron chi connectivity index (χ1n) is 6.09. The summed E-state index contributed by atoms with van der Waals surface area (Å²) < 4.78 is 22.6. The highest BCUT2D eigenvalue weighted by Gasteiger charge is 2.15. The molecular formula is C11H19N3O3S2. The molecule has 1 heterocycles. The average Bonchev–Trinajstić information content (AvgIpc) is 2.70. The smallest absolute Gasteiger partial charge is 0.263 e. The van der Waals surface area contributed by atoms with Crippen LogP contribution in [0.25, 0.3) is 0 Å². The van der Waals surface area contributed by atoms with Crippen molar-refractivity contribution in [3.05, 3.63) is 10.6 Å². The molecule has 0 aliphatic carbocycles. The molecular weight excluding hydrogens is 286 g/mol. The molecule has 19 heavy (non-hydrogen) atoms. The van der Waals surface area contributed by atoms with Gasteiger partial charge >= 0.3 is 0 Å². The summed E-state index contributed by atoms with van der Waals surface area (Å²) in [5.74, 6) is -0.217. The lowest BCUT2D eigenvalue weighted by molar-refractivity contribution is 0.0959. The number of carbonyl (C=O) groups is 1. The van der Waals surface area contributed by atoms with E-state index in [1.54, 1.807) is 13.8 Å². The zero-order chi connectivity index (χ0) is 14.5. The molecule has 1 aromatic rings. The van der Waals surface area contributed by atoms with Crippen molar-refractivity contribution in [3.63, 3.8) is 0 Å². The van der Waals surface area contributed by atoms with Crippen LogP contribution in [0, 0.1) is 6.92 Å². The fourth-order valence-corrected chi connectivity index (χ4v) is 3.03. The maximum absolute atomic E-state index is 11.9. The molecule has 0 unspecified atom stereocenters. The van der Waals surface area contributed by atoms with Gasteiger partial charge in [-0.1, -0.05) is 18.3 Å². The van der Waals surface area contributed by atoms with Crippen molar-refractivity contribution in [2.45, 2.75) is 20.8 Å². The third kappa shape index (κ3) is 4.79. The number of sulfone groups is 1. The summed E-state index contributed by atoms with van der Waals surface area (Å²) in [6.45, 7) is 6.17. The molecule has 8 heteroatoms. The number of rotatable bonds is 7. The summed E-state index contributed by atoms with van der Waals surface area (Å²) in [6, 6.07) is 0. The summed E-state index contributed by atoms with van der Waals surface area (Å²) in [4.78, 5) is 16.6. The predicted octanol–water partition coefficient (Wildman–Crippen LogP) is 1.05. The molecule has 0 aliphatic rings. The number of thiazole rings is 1. The lowest BCUT2D eigenvalue weighted by Gasteiger charge is -2.03. The Kier molecular flexibility index (Phi) is 5.74. The van der Waals surface area contributed by atoms with Crippen LogP contribution in [0.3, 0.4) is 0 Å². The van der Waals surface area contributed by atoms with Crippen molar-refractivity contribution in [2.75, 3.05) is 29.9 Å². The van der Waals surface area contributed by atoms with Gasteiger partial charge in [0.05, 0.1) is 11.4 Å². The number of nitrogens with zero attached hydrogens (tertiary/aromatic N) is 1. The van der Waals surface area contributed by atoms with E-state index in [-0.39, 0.29) is 24.0 Å². The van der Waals surface area contributed by atoms with Crippen LogP contribution in [0.15, 0.2) is 0 Å². The highest BCUT2D eigenvalue weighted by molar-refractivity contribution is 7.91. The Hall–Kier alpha value is -1.15. The fraction of sp³-hybridized carbons (Fsp3) is 0.636. The minimum atomic E-state index is -3.05. The second-order valence-corrected chi connectivity index (χ2v) is 7.43. The summed E-state index contributed by atoms with van der Waals surface area (Å²) in [6.07, 6.45) is 0. The van der Waals surface area contributed by atoms with Gasteiger partial charge in [-0.2, -0.15) is 0 Å². The topological polar surface area (TPSA) is 88.2 Å². The molecule has 2 N–H and O–H groups in total. The highest BCUT2D eigenvalue weighted by atomic mass is 32.2. The molecule has 0 fully saturated rings. The average molecular weight is 305 g/mol. The molecule has 1 rings (SSSR count). The van der Waals surface area contributed by atoms with Gasteiger partial charge in [0.2, 0.25) is 0 Å². The zero-order valence-corrected chi connectivity index (χ0v) is 12.9. The summed E-state index contributed by atoms with van der Waals surface area (Å²) in [5, 5.41) is 6.36. The maximum Gasteiger partial charge on any atom is 0.263 e. The van der Waals surface area contributed by atoms with E-state index in [0.29, 0.717) is 15.7 Å². The van der Waals surface area contributed by atoms with E-state index in [1.807, 2.05) is 6.92 Å². The van der Waals surface area contributed by atoms with E-state index in [4.69, 9.17) is 0 Å². The second kappa shape index (κ2) is 6.85. The molecule has 6 nitrogen and oxygen atoms in total. The van der Waals surface area contributed by atoms with Crippen LogP contribution in [0.1, 0.15) is 29.2 Å². The van der Waals surface area contributed by atoms with Crippen LogP contribution in [-0.2, 0) is 9.84 Å². The van der Waals surface area contributed by atoms with Crippen LogP contribution in [0.2, 0.25) is 0 Å². The molecule has 0 atom stereocenters. The van der Waals surface area contributed by atoms with Gasteiger partial charge in [-0.25, -0.2) is 13.4 Å². The molecule has 0 saturated heterocycles. The standard InChI is InChI=1S/C11H19N3O3S2/c1-4-12-11-14-8(3)9(18-11)10(15)13-6-7-19(16,17)5-2/h4-7H2,1-3H3,(H,12,14)(H,13,15). The van der Waals surface area contributed by atoms with Gasteiger partial charge in [-0.15, -0.1) is 0 Å². The van der Waals surface area contributed by atoms with Crippen molar-refractivity contribution in [3.8, 4) is 0 Å². The van der Waals surface area contributed by atoms with Crippen LogP contribution in [0.4, 0.5) is 5.13 Å². The number of nitrogens with one attached hydrogen (secondary N) is 2. The van der Waals surface area contributed by atoms with E-state index in [9.17, 15) is 13.2 Å². The third-order valence-electron chi connectivity index (χ3n) is 2.47. The van der Waals surface area contributed by atoms with Gasteiger partial charge in [0.1, 0.15) is 4.88 Å². The van der Waals surface area contributed by atoms with Crippen LogP contribution in [0.5, 0.6) is 0 Å². The number of aromatic nitrogens is 1. The minimum Gasteiger partial charge on any atom is -0.362 e. The number of aryl methyl sites for hydroxylation is 1. The largest absolute Gasteiger partial charge is 0.362 e. The molecule has 108 valence electrons. The number of amides is 1. The first-order chi connectivity index (χ1) is 8.89. The zero-order valence-electron chi connectivity index (χ0n) is 11.3. The van der Waals surface area contributed by atoms with E-state index in [0.717, 1.165) is 6.54 Å². The quantitative estimate of drug-likeness (QED) is 0.786. The third-order valence-corrected chi connectivity index (χ3v) is 5.29. The van der Waals surface area contributed by atoms with Gasteiger partial charge in [0.25, 0.3) is 5.91 Å². The van der Waals surface area contributed by atoms with Crippen LogP contribution < -0.4 is 10.6 Å². The Bertz CT molecular complexity index is 537. The van der Waals surface area contributed by atoms with Crippen molar-refractivity contribution in [1.82, 2.24) is 10.3 Å². The van der Waals surface area contributed by atoms with Crippen molar-refractivity contribution in [1.29, 1.82) is 0 Å². The highest BCUT2D eigenvalue weighted by Crippen LogP contribution is 2.22. The minimum absolute atomic E-state index is 0.0346. The Morgan fingerprint density at radius 2 is 2.05 bits per heavy atom. The Labute approximate surface area is 117 Å². The van der Waals surface area contributed by atoms with Gasteiger partial charge in [0.15, 0.2) is 15.0 Å². The fourth-order valence-electron chi connectivity index (χ4n) is 1.38.